The highest BCUT2D eigenvalue weighted by Gasteiger charge is 2.10. The van der Waals surface area contributed by atoms with Crippen LogP contribution in [-0.4, -0.2) is 22.9 Å². The highest BCUT2D eigenvalue weighted by molar-refractivity contribution is 9.10. The molecule has 3 nitrogen and oxygen atoms in total. The molecule has 0 fully saturated rings. The Balaban J connectivity index is 2.87. The van der Waals surface area contributed by atoms with Crippen molar-refractivity contribution in [2.45, 2.75) is 26.1 Å². The van der Waals surface area contributed by atoms with Crippen molar-refractivity contribution in [3.63, 3.8) is 0 Å². The van der Waals surface area contributed by atoms with Gasteiger partial charge in [-0.05, 0) is 26.0 Å². The third-order valence-electron chi connectivity index (χ3n) is 1.91. The molecule has 1 aromatic rings. The average molecular weight is 275 g/mol. The summed E-state index contributed by atoms with van der Waals surface area (Å²) in [4.78, 5) is 0. The van der Waals surface area contributed by atoms with E-state index in [0.717, 1.165) is 10.0 Å². The van der Waals surface area contributed by atoms with Crippen molar-refractivity contribution in [1.82, 2.24) is 0 Å². The molecule has 2 atom stereocenters. The highest BCUT2D eigenvalue weighted by atomic mass is 79.9. The van der Waals surface area contributed by atoms with Gasteiger partial charge in [-0.3, -0.25) is 0 Å². The maximum Gasteiger partial charge on any atom is 0.126 e. The van der Waals surface area contributed by atoms with E-state index in [2.05, 4.69) is 15.9 Å². The van der Waals surface area contributed by atoms with Gasteiger partial charge in [0.05, 0.1) is 12.2 Å². The zero-order chi connectivity index (χ0) is 11.4. The van der Waals surface area contributed by atoms with Crippen molar-refractivity contribution < 1.29 is 14.9 Å². The summed E-state index contributed by atoms with van der Waals surface area (Å²) in [5, 5.41) is 18.6. The Kier molecular flexibility index (Phi) is 4.57. The van der Waals surface area contributed by atoms with Crippen molar-refractivity contribution in [2.75, 3.05) is 6.61 Å². The Morgan fingerprint density at radius 3 is 2.53 bits per heavy atom. The Morgan fingerprint density at radius 2 is 2.00 bits per heavy atom. The average Bonchev–Trinajstić information content (AvgIpc) is 2.14. The van der Waals surface area contributed by atoms with Crippen LogP contribution in [0.4, 0.5) is 0 Å². The molecule has 2 N–H and O–H groups in total. The zero-order valence-corrected chi connectivity index (χ0v) is 10.4. The summed E-state index contributed by atoms with van der Waals surface area (Å²) in [5.74, 6) is 0.597. The molecule has 0 spiro atoms. The molecule has 0 aliphatic rings. The molecular weight excluding hydrogens is 260 g/mol. The number of aliphatic hydroxyl groups excluding tert-OH is 2. The van der Waals surface area contributed by atoms with Crippen LogP contribution in [0.2, 0.25) is 0 Å². The van der Waals surface area contributed by atoms with Gasteiger partial charge in [-0.15, -0.1) is 0 Å². The molecule has 0 saturated carbocycles. The standard InChI is InChI=1S/C11H15BrO3/c1-7(13)6-15-11-5-9(12)3-4-10(11)8(2)14/h3-5,7-8,13-14H,6H2,1-2H3. The van der Waals surface area contributed by atoms with Gasteiger partial charge in [0.15, 0.2) is 0 Å². The lowest BCUT2D eigenvalue weighted by Crippen LogP contribution is -2.14. The van der Waals surface area contributed by atoms with Crippen molar-refractivity contribution in [3.8, 4) is 5.75 Å². The molecule has 0 aromatic heterocycles. The van der Waals surface area contributed by atoms with Gasteiger partial charge in [0.1, 0.15) is 12.4 Å². The first-order valence-corrected chi connectivity index (χ1v) is 5.58. The molecule has 0 aliphatic heterocycles. The topological polar surface area (TPSA) is 49.7 Å². The number of aliphatic hydroxyl groups is 2. The van der Waals surface area contributed by atoms with Gasteiger partial charge in [-0.1, -0.05) is 22.0 Å². The maximum atomic E-state index is 9.50. The van der Waals surface area contributed by atoms with E-state index in [9.17, 15) is 5.11 Å². The number of hydrogen-bond acceptors (Lipinski definition) is 3. The van der Waals surface area contributed by atoms with E-state index in [4.69, 9.17) is 9.84 Å². The first-order valence-electron chi connectivity index (χ1n) is 4.79. The monoisotopic (exact) mass is 274 g/mol. The van der Waals surface area contributed by atoms with E-state index in [1.807, 2.05) is 6.07 Å². The molecular formula is C11H15BrO3. The first-order chi connectivity index (χ1) is 7.00. The van der Waals surface area contributed by atoms with Gasteiger partial charge in [-0.2, -0.15) is 0 Å². The minimum atomic E-state index is -0.581. The maximum absolute atomic E-state index is 9.50. The molecule has 2 unspecified atom stereocenters. The highest BCUT2D eigenvalue weighted by Crippen LogP contribution is 2.28. The van der Waals surface area contributed by atoms with Gasteiger partial charge in [0.25, 0.3) is 0 Å². The SMILES string of the molecule is CC(O)COc1cc(Br)ccc1C(C)O. The van der Waals surface area contributed by atoms with Crippen LogP contribution in [0, 0.1) is 0 Å². The van der Waals surface area contributed by atoms with Crippen molar-refractivity contribution >= 4 is 15.9 Å². The van der Waals surface area contributed by atoms with Crippen LogP contribution in [0.3, 0.4) is 0 Å². The third kappa shape index (κ3) is 3.81. The zero-order valence-electron chi connectivity index (χ0n) is 8.77. The fraction of sp³-hybridized carbons (Fsp3) is 0.455. The minimum Gasteiger partial charge on any atom is -0.490 e. The lowest BCUT2D eigenvalue weighted by molar-refractivity contribution is 0.118. The van der Waals surface area contributed by atoms with Crippen LogP contribution in [0.1, 0.15) is 25.5 Å². The Morgan fingerprint density at radius 1 is 1.33 bits per heavy atom. The van der Waals surface area contributed by atoms with Crippen molar-refractivity contribution in [2.24, 2.45) is 0 Å². The summed E-state index contributed by atoms with van der Waals surface area (Å²) < 4.78 is 6.28. The summed E-state index contributed by atoms with van der Waals surface area (Å²) in [6, 6.07) is 5.42. The normalized spacial score (nSPS) is 14.7. The molecule has 1 rings (SSSR count). The fourth-order valence-electron chi connectivity index (χ4n) is 1.19. The van der Waals surface area contributed by atoms with Crippen molar-refractivity contribution in [3.05, 3.63) is 28.2 Å². The second-order valence-corrected chi connectivity index (χ2v) is 4.43. The largest absolute Gasteiger partial charge is 0.490 e. The number of hydrogen-bond donors (Lipinski definition) is 2. The second-order valence-electron chi connectivity index (χ2n) is 3.52. The Bertz CT molecular complexity index is 324. The molecule has 0 heterocycles. The predicted octanol–water partition coefficient (Wildman–Crippen LogP) is 2.26. The smallest absolute Gasteiger partial charge is 0.126 e. The summed E-state index contributed by atoms with van der Waals surface area (Å²) in [7, 11) is 0. The number of rotatable bonds is 4. The summed E-state index contributed by atoms with van der Waals surface area (Å²) in [6.45, 7) is 3.55. The van der Waals surface area contributed by atoms with Crippen LogP contribution in [0.5, 0.6) is 5.75 Å². The summed E-state index contributed by atoms with van der Waals surface area (Å²) in [6.07, 6.45) is -1.10. The van der Waals surface area contributed by atoms with E-state index in [1.165, 1.54) is 0 Å². The Labute approximate surface area is 97.8 Å². The quantitative estimate of drug-likeness (QED) is 0.886. The summed E-state index contributed by atoms with van der Waals surface area (Å²) in [5.41, 5.74) is 0.721. The summed E-state index contributed by atoms with van der Waals surface area (Å²) >= 11 is 3.33. The van der Waals surface area contributed by atoms with Crippen LogP contribution >= 0.6 is 15.9 Å². The molecule has 1 aromatic carbocycles. The van der Waals surface area contributed by atoms with Crippen molar-refractivity contribution in [1.29, 1.82) is 0 Å². The van der Waals surface area contributed by atoms with Gasteiger partial charge in [0.2, 0.25) is 0 Å². The number of ether oxygens (including phenoxy) is 1. The molecule has 0 saturated heterocycles. The van der Waals surface area contributed by atoms with Gasteiger partial charge < -0.3 is 14.9 Å². The van der Waals surface area contributed by atoms with Crippen LogP contribution < -0.4 is 4.74 Å². The van der Waals surface area contributed by atoms with E-state index in [-0.39, 0.29) is 6.61 Å². The van der Waals surface area contributed by atoms with Gasteiger partial charge in [-0.25, -0.2) is 0 Å². The molecule has 0 bridgehead atoms. The number of benzene rings is 1. The lowest BCUT2D eigenvalue weighted by atomic mass is 10.1. The minimum absolute atomic E-state index is 0.218. The predicted molar refractivity (Wildman–Crippen MR) is 62.0 cm³/mol. The molecule has 84 valence electrons. The van der Waals surface area contributed by atoms with Gasteiger partial charge >= 0.3 is 0 Å². The Hall–Kier alpha value is -0.580. The molecule has 4 heteroatoms. The first kappa shape index (κ1) is 12.5. The molecule has 15 heavy (non-hydrogen) atoms. The van der Waals surface area contributed by atoms with E-state index in [1.54, 1.807) is 26.0 Å². The third-order valence-corrected chi connectivity index (χ3v) is 2.40. The second kappa shape index (κ2) is 5.49. The molecule has 0 radical (unpaired) electrons. The van der Waals surface area contributed by atoms with Crippen LogP contribution in [0.25, 0.3) is 0 Å². The fourth-order valence-corrected chi connectivity index (χ4v) is 1.53. The van der Waals surface area contributed by atoms with E-state index < -0.39 is 12.2 Å². The number of halogens is 1. The lowest BCUT2D eigenvalue weighted by Gasteiger charge is -2.14. The van der Waals surface area contributed by atoms with Gasteiger partial charge in [0, 0.05) is 10.0 Å². The van der Waals surface area contributed by atoms with Crippen LogP contribution in [-0.2, 0) is 0 Å². The van der Waals surface area contributed by atoms with Crippen LogP contribution in [0.15, 0.2) is 22.7 Å². The molecule has 0 amide bonds. The van der Waals surface area contributed by atoms with E-state index >= 15 is 0 Å². The van der Waals surface area contributed by atoms with E-state index in [0.29, 0.717) is 5.75 Å². The molecule has 0 aliphatic carbocycles.